The van der Waals surface area contributed by atoms with Gasteiger partial charge in [0.1, 0.15) is 0 Å². The first kappa shape index (κ1) is 17.6. The number of nitrogens with zero attached hydrogens (tertiary/aromatic N) is 1. The van der Waals surface area contributed by atoms with E-state index in [2.05, 4.69) is 10.6 Å². The van der Waals surface area contributed by atoms with Crippen LogP contribution in [0.15, 0.2) is 36.4 Å². The number of amides is 3. The topological polar surface area (TPSA) is 61.4 Å². The minimum absolute atomic E-state index is 0.104. The molecule has 0 fully saturated rings. The van der Waals surface area contributed by atoms with Gasteiger partial charge < -0.3 is 15.5 Å². The molecule has 0 spiro atoms. The SMILES string of the molecule is CC(=O)Nc1cccc2c1CCN(C(=O)Nc1ccc(Cl)c(Cl)c1)C2. The summed E-state index contributed by atoms with van der Waals surface area (Å²) in [7, 11) is 0. The molecular formula is C18H17Cl2N3O2. The molecule has 0 aromatic heterocycles. The van der Waals surface area contributed by atoms with E-state index in [0.717, 1.165) is 16.8 Å². The Morgan fingerprint density at radius 1 is 1.08 bits per heavy atom. The zero-order chi connectivity index (χ0) is 18.0. The Labute approximate surface area is 155 Å². The Kier molecular flexibility index (Phi) is 5.16. The maximum atomic E-state index is 12.5. The minimum atomic E-state index is -0.200. The monoisotopic (exact) mass is 377 g/mol. The lowest BCUT2D eigenvalue weighted by atomic mass is 9.98. The quantitative estimate of drug-likeness (QED) is 0.806. The van der Waals surface area contributed by atoms with Crippen molar-refractivity contribution < 1.29 is 9.59 Å². The summed E-state index contributed by atoms with van der Waals surface area (Å²) in [6.45, 7) is 2.53. The van der Waals surface area contributed by atoms with Crippen molar-refractivity contribution in [2.75, 3.05) is 17.2 Å². The Hall–Kier alpha value is -2.24. The summed E-state index contributed by atoms with van der Waals surface area (Å²) in [5.41, 5.74) is 3.52. The first-order valence-corrected chi connectivity index (χ1v) is 8.59. The van der Waals surface area contributed by atoms with Crippen LogP contribution in [-0.4, -0.2) is 23.4 Å². The van der Waals surface area contributed by atoms with Crippen molar-refractivity contribution in [3.63, 3.8) is 0 Å². The summed E-state index contributed by atoms with van der Waals surface area (Å²) in [6.07, 6.45) is 0.681. The van der Waals surface area contributed by atoms with E-state index in [-0.39, 0.29) is 11.9 Å². The number of nitrogens with one attached hydrogen (secondary N) is 2. The molecular weight excluding hydrogens is 361 g/mol. The number of fused-ring (bicyclic) bond motifs is 1. The molecule has 0 radical (unpaired) electrons. The standard InChI is InChI=1S/C18H17Cl2N3O2/c1-11(24)21-17-4-2-3-12-10-23(8-7-14(12)17)18(25)22-13-5-6-15(19)16(20)9-13/h2-6,9H,7-8,10H2,1H3,(H,21,24)(H,22,25). The molecule has 2 N–H and O–H groups in total. The third-order valence-electron chi connectivity index (χ3n) is 4.03. The predicted octanol–water partition coefficient (Wildman–Crippen LogP) is 4.54. The summed E-state index contributed by atoms with van der Waals surface area (Å²) < 4.78 is 0. The second-order valence-electron chi connectivity index (χ2n) is 5.86. The summed E-state index contributed by atoms with van der Waals surface area (Å²) >= 11 is 11.9. The average molecular weight is 378 g/mol. The van der Waals surface area contributed by atoms with Crippen LogP contribution < -0.4 is 10.6 Å². The van der Waals surface area contributed by atoms with Crippen molar-refractivity contribution in [1.82, 2.24) is 4.90 Å². The van der Waals surface area contributed by atoms with Gasteiger partial charge in [-0.3, -0.25) is 4.79 Å². The van der Waals surface area contributed by atoms with E-state index in [1.807, 2.05) is 18.2 Å². The van der Waals surface area contributed by atoms with E-state index in [1.54, 1.807) is 23.1 Å². The van der Waals surface area contributed by atoms with Gasteiger partial charge in [-0.1, -0.05) is 35.3 Å². The lowest BCUT2D eigenvalue weighted by Gasteiger charge is -2.30. The van der Waals surface area contributed by atoms with Gasteiger partial charge in [0, 0.05) is 31.4 Å². The van der Waals surface area contributed by atoms with Gasteiger partial charge in [-0.15, -0.1) is 0 Å². The van der Waals surface area contributed by atoms with Gasteiger partial charge >= 0.3 is 6.03 Å². The third kappa shape index (κ3) is 4.06. The number of carbonyl (C=O) groups excluding carboxylic acids is 2. The Balaban J connectivity index is 1.72. The van der Waals surface area contributed by atoms with Crippen LogP contribution in [0.1, 0.15) is 18.1 Å². The van der Waals surface area contributed by atoms with Crippen LogP contribution >= 0.6 is 23.2 Å². The lowest BCUT2D eigenvalue weighted by molar-refractivity contribution is -0.114. The van der Waals surface area contributed by atoms with E-state index in [9.17, 15) is 9.59 Å². The number of rotatable bonds is 2. The summed E-state index contributed by atoms with van der Waals surface area (Å²) in [4.78, 5) is 25.6. The van der Waals surface area contributed by atoms with Crippen LogP contribution in [0.3, 0.4) is 0 Å². The van der Waals surface area contributed by atoms with E-state index >= 15 is 0 Å². The molecule has 0 aliphatic carbocycles. The van der Waals surface area contributed by atoms with Gasteiger partial charge in [-0.05, 0) is 41.8 Å². The lowest BCUT2D eigenvalue weighted by Crippen LogP contribution is -2.39. The number of hydrogen-bond donors (Lipinski definition) is 2. The molecule has 1 aliphatic heterocycles. The van der Waals surface area contributed by atoms with Gasteiger partial charge in [0.05, 0.1) is 10.0 Å². The number of halogens is 2. The third-order valence-corrected chi connectivity index (χ3v) is 4.77. The van der Waals surface area contributed by atoms with Crippen LogP contribution in [0.4, 0.5) is 16.2 Å². The molecule has 1 aliphatic rings. The molecule has 0 unspecified atom stereocenters. The Bertz CT molecular complexity index is 839. The van der Waals surface area contributed by atoms with Crippen LogP contribution in [-0.2, 0) is 17.8 Å². The highest BCUT2D eigenvalue weighted by atomic mass is 35.5. The van der Waals surface area contributed by atoms with Crippen molar-refractivity contribution in [2.24, 2.45) is 0 Å². The molecule has 0 bridgehead atoms. The van der Waals surface area contributed by atoms with Gasteiger partial charge in [-0.25, -0.2) is 4.79 Å². The second kappa shape index (κ2) is 7.33. The zero-order valence-electron chi connectivity index (χ0n) is 13.6. The summed E-state index contributed by atoms with van der Waals surface area (Å²) in [6, 6.07) is 10.5. The van der Waals surface area contributed by atoms with Crippen LogP contribution in [0.5, 0.6) is 0 Å². The number of benzene rings is 2. The molecule has 3 rings (SSSR count). The minimum Gasteiger partial charge on any atom is -0.326 e. The first-order chi connectivity index (χ1) is 11.9. The van der Waals surface area contributed by atoms with Crippen molar-refractivity contribution >= 4 is 46.5 Å². The summed E-state index contributed by atoms with van der Waals surface area (Å²) in [5.74, 6) is -0.104. The molecule has 2 aromatic carbocycles. The fourth-order valence-electron chi connectivity index (χ4n) is 2.87. The highest BCUT2D eigenvalue weighted by Crippen LogP contribution is 2.28. The van der Waals surface area contributed by atoms with Crippen LogP contribution in [0, 0.1) is 0 Å². The molecule has 0 saturated carbocycles. The molecule has 5 nitrogen and oxygen atoms in total. The molecule has 25 heavy (non-hydrogen) atoms. The first-order valence-electron chi connectivity index (χ1n) is 7.83. The number of carbonyl (C=O) groups is 2. The predicted molar refractivity (Wildman–Crippen MR) is 100 cm³/mol. The normalized spacial score (nSPS) is 13.2. The number of hydrogen-bond acceptors (Lipinski definition) is 2. The van der Waals surface area contributed by atoms with Crippen LogP contribution in [0.2, 0.25) is 10.0 Å². The van der Waals surface area contributed by atoms with E-state index in [4.69, 9.17) is 23.2 Å². The molecule has 0 atom stereocenters. The fraction of sp³-hybridized carbons (Fsp3) is 0.222. The molecule has 3 amide bonds. The van der Waals surface area contributed by atoms with Crippen molar-refractivity contribution in [3.8, 4) is 0 Å². The Morgan fingerprint density at radius 2 is 1.88 bits per heavy atom. The van der Waals surface area contributed by atoms with Crippen molar-refractivity contribution in [1.29, 1.82) is 0 Å². The summed E-state index contributed by atoms with van der Waals surface area (Å²) in [5, 5.41) is 6.51. The van der Waals surface area contributed by atoms with E-state index in [0.29, 0.717) is 35.2 Å². The van der Waals surface area contributed by atoms with Gasteiger partial charge in [0.25, 0.3) is 0 Å². The second-order valence-corrected chi connectivity index (χ2v) is 6.67. The average Bonchev–Trinajstić information content (AvgIpc) is 2.57. The Morgan fingerprint density at radius 3 is 2.60 bits per heavy atom. The van der Waals surface area contributed by atoms with Gasteiger partial charge in [-0.2, -0.15) is 0 Å². The van der Waals surface area contributed by atoms with Crippen molar-refractivity contribution in [2.45, 2.75) is 19.9 Å². The smallest absolute Gasteiger partial charge is 0.322 e. The molecule has 130 valence electrons. The van der Waals surface area contributed by atoms with E-state index in [1.165, 1.54) is 6.92 Å². The largest absolute Gasteiger partial charge is 0.326 e. The zero-order valence-corrected chi connectivity index (χ0v) is 15.1. The van der Waals surface area contributed by atoms with E-state index < -0.39 is 0 Å². The maximum Gasteiger partial charge on any atom is 0.322 e. The van der Waals surface area contributed by atoms with Gasteiger partial charge in [0.15, 0.2) is 0 Å². The maximum absolute atomic E-state index is 12.5. The highest BCUT2D eigenvalue weighted by molar-refractivity contribution is 6.42. The molecule has 1 heterocycles. The number of urea groups is 1. The van der Waals surface area contributed by atoms with Gasteiger partial charge in [0.2, 0.25) is 5.91 Å². The number of anilines is 2. The molecule has 7 heteroatoms. The van der Waals surface area contributed by atoms with Crippen molar-refractivity contribution in [3.05, 3.63) is 57.6 Å². The molecule has 2 aromatic rings. The molecule has 0 saturated heterocycles. The van der Waals surface area contributed by atoms with Crippen LogP contribution in [0.25, 0.3) is 0 Å². The highest BCUT2D eigenvalue weighted by Gasteiger charge is 2.22. The fourth-order valence-corrected chi connectivity index (χ4v) is 3.16.